The Morgan fingerprint density at radius 1 is 1.00 bits per heavy atom. The van der Waals surface area contributed by atoms with Crippen LogP contribution in [-0.4, -0.2) is 22.0 Å². The molecule has 148 valence electrons. The number of anilines is 2. The molecule has 5 nitrogen and oxygen atoms in total. The minimum Gasteiger partial charge on any atom is -0.322 e. The summed E-state index contributed by atoms with van der Waals surface area (Å²) >= 11 is 13.3. The SMILES string of the molecule is CC(Sc1cccc(NC(=O)c2ccc(Cl)cc2Cl)c1)C(=O)Nc1ccccn1. The summed E-state index contributed by atoms with van der Waals surface area (Å²) in [6.45, 7) is 1.81. The predicted octanol–water partition coefficient (Wildman–Crippen LogP) is 5.76. The molecule has 8 heteroatoms. The zero-order valence-corrected chi connectivity index (χ0v) is 17.7. The molecule has 1 heterocycles. The van der Waals surface area contributed by atoms with E-state index < -0.39 is 0 Å². The Labute approximate surface area is 182 Å². The van der Waals surface area contributed by atoms with Crippen molar-refractivity contribution in [3.8, 4) is 0 Å². The third-order valence-electron chi connectivity index (χ3n) is 3.87. The van der Waals surface area contributed by atoms with Crippen LogP contribution in [0.2, 0.25) is 10.0 Å². The van der Waals surface area contributed by atoms with Crippen LogP contribution in [0.15, 0.2) is 71.8 Å². The van der Waals surface area contributed by atoms with Crippen LogP contribution in [-0.2, 0) is 4.79 Å². The van der Waals surface area contributed by atoms with Gasteiger partial charge in [0.2, 0.25) is 5.91 Å². The second-order valence-electron chi connectivity index (χ2n) is 6.07. The molecular formula is C21H17Cl2N3O2S. The van der Waals surface area contributed by atoms with Gasteiger partial charge in [-0.2, -0.15) is 0 Å². The number of carbonyl (C=O) groups excluding carboxylic acids is 2. The fraction of sp³-hybridized carbons (Fsp3) is 0.0952. The number of nitrogens with one attached hydrogen (secondary N) is 2. The summed E-state index contributed by atoms with van der Waals surface area (Å²) in [5.74, 6) is 0.0108. The van der Waals surface area contributed by atoms with Crippen molar-refractivity contribution >= 4 is 58.3 Å². The average Bonchev–Trinajstić information content (AvgIpc) is 2.69. The number of nitrogens with zero attached hydrogens (tertiary/aromatic N) is 1. The van der Waals surface area contributed by atoms with Crippen molar-refractivity contribution in [2.75, 3.05) is 10.6 Å². The van der Waals surface area contributed by atoms with E-state index >= 15 is 0 Å². The van der Waals surface area contributed by atoms with Gasteiger partial charge in [0.25, 0.3) is 5.91 Å². The number of benzene rings is 2. The van der Waals surface area contributed by atoms with Gasteiger partial charge in [0.05, 0.1) is 15.8 Å². The molecule has 3 rings (SSSR count). The van der Waals surface area contributed by atoms with E-state index in [2.05, 4.69) is 15.6 Å². The number of amides is 2. The maximum absolute atomic E-state index is 12.5. The van der Waals surface area contributed by atoms with Crippen molar-refractivity contribution < 1.29 is 9.59 Å². The van der Waals surface area contributed by atoms with Gasteiger partial charge in [-0.25, -0.2) is 4.98 Å². The van der Waals surface area contributed by atoms with Crippen LogP contribution in [0.3, 0.4) is 0 Å². The maximum atomic E-state index is 12.5. The van der Waals surface area contributed by atoms with Gasteiger partial charge in [-0.15, -0.1) is 11.8 Å². The molecule has 0 saturated heterocycles. The first-order valence-corrected chi connectivity index (χ1v) is 10.3. The van der Waals surface area contributed by atoms with Crippen molar-refractivity contribution in [2.45, 2.75) is 17.1 Å². The molecule has 1 aromatic heterocycles. The fourth-order valence-corrected chi connectivity index (χ4v) is 3.86. The number of hydrogen-bond donors (Lipinski definition) is 2. The number of carbonyl (C=O) groups is 2. The van der Waals surface area contributed by atoms with E-state index in [0.717, 1.165) is 4.90 Å². The lowest BCUT2D eigenvalue weighted by molar-refractivity contribution is -0.115. The van der Waals surface area contributed by atoms with E-state index in [1.807, 2.05) is 19.1 Å². The molecule has 0 spiro atoms. The molecule has 0 aliphatic heterocycles. The summed E-state index contributed by atoms with van der Waals surface area (Å²) in [5, 5.41) is 5.97. The van der Waals surface area contributed by atoms with Crippen LogP contribution < -0.4 is 10.6 Å². The van der Waals surface area contributed by atoms with Crippen molar-refractivity contribution in [3.05, 3.63) is 82.5 Å². The molecule has 0 aliphatic carbocycles. The zero-order valence-electron chi connectivity index (χ0n) is 15.4. The first kappa shape index (κ1) is 21.2. The third-order valence-corrected chi connectivity index (χ3v) is 5.51. The molecule has 0 radical (unpaired) electrons. The Morgan fingerprint density at radius 3 is 2.55 bits per heavy atom. The van der Waals surface area contributed by atoms with Crippen LogP contribution in [0, 0.1) is 0 Å². The maximum Gasteiger partial charge on any atom is 0.257 e. The smallest absolute Gasteiger partial charge is 0.257 e. The van der Waals surface area contributed by atoms with E-state index in [1.165, 1.54) is 17.8 Å². The molecule has 0 saturated carbocycles. The third kappa shape index (κ3) is 5.97. The monoisotopic (exact) mass is 445 g/mol. The Balaban J connectivity index is 1.64. The summed E-state index contributed by atoms with van der Waals surface area (Å²) in [6, 6.07) is 17.3. The summed E-state index contributed by atoms with van der Waals surface area (Å²) < 4.78 is 0. The normalized spacial score (nSPS) is 11.6. The van der Waals surface area contributed by atoms with Gasteiger partial charge in [0, 0.05) is 21.8 Å². The van der Waals surface area contributed by atoms with Gasteiger partial charge in [0.15, 0.2) is 0 Å². The lowest BCUT2D eigenvalue weighted by Crippen LogP contribution is -2.22. The highest BCUT2D eigenvalue weighted by atomic mass is 35.5. The van der Waals surface area contributed by atoms with Gasteiger partial charge < -0.3 is 10.6 Å². The second-order valence-corrected chi connectivity index (χ2v) is 8.33. The van der Waals surface area contributed by atoms with Gasteiger partial charge in [-0.3, -0.25) is 9.59 Å². The molecule has 3 aromatic rings. The van der Waals surface area contributed by atoms with Gasteiger partial charge >= 0.3 is 0 Å². The highest BCUT2D eigenvalue weighted by molar-refractivity contribution is 8.00. The highest BCUT2D eigenvalue weighted by Crippen LogP contribution is 2.27. The number of pyridine rings is 1. The second kappa shape index (κ2) is 9.78. The van der Waals surface area contributed by atoms with Crippen LogP contribution in [0.5, 0.6) is 0 Å². The molecule has 1 unspecified atom stereocenters. The molecule has 2 N–H and O–H groups in total. The van der Waals surface area contributed by atoms with E-state index in [4.69, 9.17) is 23.2 Å². The highest BCUT2D eigenvalue weighted by Gasteiger charge is 2.16. The van der Waals surface area contributed by atoms with Crippen molar-refractivity contribution in [2.24, 2.45) is 0 Å². The molecule has 1 atom stereocenters. The summed E-state index contributed by atoms with van der Waals surface area (Å²) in [7, 11) is 0. The van der Waals surface area contributed by atoms with Crippen molar-refractivity contribution in [3.63, 3.8) is 0 Å². The topological polar surface area (TPSA) is 71.1 Å². The zero-order chi connectivity index (χ0) is 20.8. The molecular weight excluding hydrogens is 429 g/mol. The summed E-state index contributed by atoms with van der Waals surface area (Å²) in [6.07, 6.45) is 1.62. The summed E-state index contributed by atoms with van der Waals surface area (Å²) in [5.41, 5.74) is 0.931. The van der Waals surface area contributed by atoms with E-state index in [1.54, 1.807) is 48.7 Å². The van der Waals surface area contributed by atoms with Crippen LogP contribution in [0.25, 0.3) is 0 Å². The first-order valence-electron chi connectivity index (χ1n) is 8.67. The molecule has 2 amide bonds. The number of aromatic nitrogens is 1. The Hall–Kier alpha value is -2.54. The lowest BCUT2D eigenvalue weighted by Gasteiger charge is -2.13. The Kier molecular flexibility index (Phi) is 7.14. The Bertz CT molecular complexity index is 1030. The quantitative estimate of drug-likeness (QED) is 0.473. The van der Waals surface area contributed by atoms with E-state index in [-0.39, 0.29) is 22.1 Å². The van der Waals surface area contributed by atoms with E-state index in [9.17, 15) is 9.59 Å². The van der Waals surface area contributed by atoms with Gasteiger partial charge in [-0.1, -0.05) is 35.3 Å². The van der Waals surface area contributed by atoms with Crippen LogP contribution in [0.1, 0.15) is 17.3 Å². The Morgan fingerprint density at radius 2 is 1.83 bits per heavy atom. The van der Waals surface area contributed by atoms with Crippen LogP contribution in [0.4, 0.5) is 11.5 Å². The molecule has 0 aliphatic rings. The molecule has 0 bridgehead atoms. The van der Waals surface area contributed by atoms with Gasteiger partial charge in [-0.05, 0) is 55.5 Å². The predicted molar refractivity (Wildman–Crippen MR) is 119 cm³/mol. The number of halogens is 2. The standard InChI is InChI=1S/C21H17Cl2N3O2S/c1-13(20(27)26-19-7-2-3-10-24-19)29-16-6-4-5-15(12-16)25-21(28)17-9-8-14(22)11-18(17)23/h2-13H,1H3,(H,25,28)(H,24,26,27). The number of rotatable bonds is 6. The molecule has 2 aromatic carbocycles. The average molecular weight is 446 g/mol. The molecule has 0 fully saturated rings. The fourth-order valence-electron chi connectivity index (χ4n) is 2.44. The summed E-state index contributed by atoms with van der Waals surface area (Å²) in [4.78, 5) is 29.8. The minimum atomic E-state index is -0.353. The van der Waals surface area contributed by atoms with Crippen molar-refractivity contribution in [1.29, 1.82) is 0 Å². The molecule has 29 heavy (non-hydrogen) atoms. The largest absolute Gasteiger partial charge is 0.322 e. The van der Waals surface area contributed by atoms with E-state index in [0.29, 0.717) is 22.1 Å². The van der Waals surface area contributed by atoms with Crippen molar-refractivity contribution in [1.82, 2.24) is 4.98 Å². The minimum absolute atomic E-state index is 0.156. The lowest BCUT2D eigenvalue weighted by atomic mass is 10.2. The number of hydrogen-bond acceptors (Lipinski definition) is 4. The number of thioether (sulfide) groups is 1. The van der Waals surface area contributed by atoms with Crippen LogP contribution >= 0.6 is 35.0 Å². The first-order chi connectivity index (χ1) is 13.9. The van der Waals surface area contributed by atoms with Gasteiger partial charge in [0.1, 0.15) is 5.82 Å².